The highest BCUT2D eigenvalue weighted by atomic mass is 16.6. The van der Waals surface area contributed by atoms with E-state index in [0.717, 1.165) is 22.7 Å². The lowest BCUT2D eigenvalue weighted by Crippen LogP contribution is -2.15. The maximum absolute atomic E-state index is 5.56. The third-order valence-corrected chi connectivity index (χ3v) is 3.42. The molecule has 0 amide bonds. The second-order valence-corrected chi connectivity index (χ2v) is 4.93. The van der Waals surface area contributed by atoms with Gasteiger partial charge in [0.25, 0.3) is 0 Å². The fourth-order valence-electron chi connectivity index (χ4n) is 2.10. The van der Waals surface area contributed by atoms with Crippen molar-refractivity contribution in [2.45, 2.75) is 13.8 Å². The normalized spacial score (nSPS) is 13.7. The zero-order valence-corrected chi connectivity index (χ0v) is 11.7. The molecule has 1 aliphatic rings. The van der Waals surface area contributed by atoms with E-state index in [1.807, 2.05) is 30.5 Å². The molecule has 0 aromatic heterocycles. The Morgan fingerprint density at radius 3 is 2.50 bits per heavy atom. The molecule has 3 rings (SSSR count). The first-order valence-electron chi connectivity index (χ1n) is 6.73. The van der Waals surface area contributed by atoms with Crippen LogP contribution in [-0.2, 0) is 0 Å². The second-order valence-electron chi connectivity index (χ2n) is 4.93. The van der Waals surface area contributed by atoms with Crippen LogP contribution in [0.25, 0.3) is 0 Å². The number of fused-ring (bicyclic) bond motifs is 1. The molecule has 0 bridgehead atoms. The smallest absolute Gasteiger partial charge is 0.162 e. The van der Waals surface area contributed by atoms with E-state index in [2.05, 4.69) is 31.0 Å². The molecule has 0 atom stereocenters. The van der Waals surface area contributed by atoms with Crippen LogP contribution < -0.4 is 9.47 Å². The highest BCUT2D eigenvalue weighted by molar-refractivity contribution is 5.83. The Balaban J connectivity index is 1.83. The number of nitrogens with zero attached hydrogens (tertiary/aromatic N) is 1. The Kier molecular flexibility index (Phi) is 3.42. The van der Waals surface area contributed by atoms with E-state index in [1.165, 1.54) is 11.1 Å². The van der Waals surface area contributed by atoms with Crippen LogP contribution in [-0.4, -0.2) is 19.4 Å². The molecule has 1 aliphatic heterocycles. The fourth-order valence-corrected chi connectivity index (χ4v) is 2.10. The van der Waals surface area contributed by atoms with Gasteiger partial charge in [-0.3, -0.25) is 4.99 Å². The molecule has 20 heavy (non-hydrogen) atoms. The number of aryl methyl sites for hydroxylation is 2. The summed E-state index contributed by atoms with van der Waals surface area (Å²) in [6.45, 7) is 5.41. The van der Waals surface area contributed by atoms with Gasteiger partial charge in [0.2, 0.25) is 0 Å². The zero-order chi connectivity index (χ0) is 13.9. The molecule has 0 radical (unpaired) electrons. The molecular formula is C17H17NO2. The standard InChI is InChI=1S/C17H17NO2/c1-12-3-5-15(9-13(12)2)18-11-14-4-6-16-17(10-14)20-8-7-19-16/h3-6,9-11H,7-8H2,1-2H3. The zero-order valence-electron chi connectivity index (χ0n) is 11.7. The van der Waals surface area contributed by atoms with Gasteiger partial charge in [-0.15, -0.1) is 0 Å². The molecule has 102 valence electrons. The van der Waals surface area contributed by atoms with Crippen molar-refractivity contribution in [2.75, 3.05) is 13.2 Å². The van der Waals surface area contributed by atoms with Crippen molar-refractivity contribution in [1.29, 1.82) is 0 Å². The van der Waals surface area contributed by atoms with Gasteiger partial charge in [-0.1, -0.05) is 6.07 Å². The van der Waals surface area contributed by atoms with Gasteiger partial charge in [0, 0.05) is 6.21 Å². The van der Waals surface area contributed by atoms with Crippen LogP contribution in [0, 0.1) is 13.8 Å². The third kappa shape index (κ3) is 2.67. The summed E-state index contributed by atoms with van der Waals surface area (Å²) in [6.07, 6.45) is 1.85. The van der Waals surface area contributed by atoms with E-state index in [0.29, 0.717) is 13.2 Å². The fraction of sp³-hybridized carbons (Fsp3) is 0.235. The predicted octanol–water partition coefficient (Wildman–Crippen LogP) is 3.83. The highest BCUT2D eigenvalue weighted by Gasteiger charge is 2.10. The molecule has 3 heteroatoms. The highest BCUT2D eigenvalue weighted by Crippen LogP contribution is 2.30. The molecule has 0 aliphatic carbocycles. The third-order valence-electron chi connectivity index (χ3n) is 3.42. The van der Waals surface area contributed by atoms with Crippen molar-refractivity contribution in [3.63, 3.8) is 0 Å². The van der Waals surface area contributed by atoms with Gasteiger partial charge >= 0.3 is 0 Å². The molecule has 0 unspecified atom stereocenters. The van der Waals surface area contributed by atoms with Gasteiger partial charge in [0.15, 0.2) is 11.5 Å². The van der Waals surface area contributed by atoms with Crippen LogP contribution in [0.4, 0.5) is 5.69 Å². The van der Waals surface area contributed by atoms with Crippen LogP contribution in [0.5, 0.6) is 11.5 Å². The molecule has 3 nitrogen and oxygen atoms in total. The first kappa shape index (κ1) is 12.7. The first-order chi connectivity index (χ1) is 9.72. The monoisotopic (exact) mass is 267 g/mol. The average molecular weight is 267 g/mol. The van der Waals surface area contributed by atoms with Gasteiger partial charge in [-0.05, 0) is 60.9 Å². The van der Waals surface area contributed by atoms with Crippen LogP contribution in [0.1, 0.15) is 16.7 Å². The van der Waals surface area contributed by atoms with Crippen LogP contribution >= 0.6 is 0 Å². The van der Waals surface area contributed by atoms with Crippen molar-refractivity contribution < 1.29 is 9.47 Å². The molecule has 1 heterocycles. The summed E-state index contributed by atoms with van der Waals surface area (Å²) >= 11 is 0. The number of ether oxygens (including phenoxy) is 2. The van der Waals surface area contributed by atoms with E-state index < -0.39 is 0 Å². The summed E-state index contributed by atoms with van der Waals surface area (Å²) in [7, 11) is 0. The molecule has 2 aromatic carbocycles. The van der Waals surface area contributed by atoms with Gasteiger partial charge in [0.05, 0.1) is 5.69 Å². The maximum Gasteiger partial charge on any atom is 0.162 e. The van der Waals surface area contributed by atoms with Crippen LogP contribution in [0.3, 0.4) is 0 Å². The lowest BCUT2D eigenvalue weighted by molar-refractivity contribution is 0.171. The number of hydrogen-bond acceptors (Lipinski definition) is 3. The quantitative estimate of drug-likeness (QED) is 0.774. The summed E-state index contributed by atoms with van der Waals surface area (Å²) in [4.78, 5) is 4.51. The first-order valence-corrected chi connectivity index (χ1v) is 6.73. The lowest BCUT2D eigenvalue weighted by Gasteiger charge is -2.18. The number of hydrogen-bond donors (Lipinski definition) is 0. The molecule has 2 aromatic rings. The minimum Gasteiger partial charge on any atom is -0.486 e. The minimum absolute atomic E-state index is 0.602. The van der Waals surface area contributed by atoms with Crippen molar-refractivity contribution >= 4 is 11.9 Å². The van der Waals surface area contributed by atoms with E-state index in [4.69, 9.17) is 9.47 Å². The largest absolute Gasteiger partial charge is 0.486 e. The molecule has 0 fully saturated rings. The molecule has 0 saturated carbocycles. The van der Waals surface area contributed by atoms with Gasteiger partial charge in [0.1, 0.15) is 13.2 Å². The topological polar surface area (TPSA) is 30.8 Å². The Bertz CT molecular complexity index is 662. The van der Waals surface area contributed by atoms with Gasteiger partial charge < -0.3 is 9.47 Å². The Morgan fingerprint density at radius 2 is 1.70 bits per heavy atom. The van der Waals surface area contributed by atoms with E-state index in [-0.39, 0.29) is 0 Å². The maximum atomic E-state index is 5.56. The number of benzene rings is 2. The molecular weight excluding hydrogens is 250 g/mol. The Labute approximate surface area is 118 Å². The lowest BCUT2D eigenvalue weighted by atomic mass is 10.1. The summed E-state index contributed by atoms with van der Waals surface area (Å²) in [5, 5.41) is 0. The summed E-state index contributed by atoms with van der Waals surface area (Å²) < 4.78 is 11.1. The molecule has 0 N–H and O–H groups in total. The van der Waals surface area contributed by atoms with Crippen molar-refractivity contribution in [1.82, 2.24) is 0 Å². The van der Waals surface area contributed by atoms with E-state index in [1.54, 1.807) is 0 Å². The van der Waals surface area contributed by atoms with Crippen LogP contribution in [0.15, 0.2) is 41.4 Å². The van der Waals surface area contributed by atoms with E-state index in [9.17, 15) is 0 Å². The van der Waals surface area contributed by atoms with Gasteiger partial charge in [-0.25, -0.2) is 0 Å². The molecule has 0 saturated heterocycles. The van der Waals surface area contributed by atoms with E-state index >= 15 is 0 Å². The van der Waals surface area contributed by atoms with Crippen molar-refractivity contribution in [3.05, 3.63) is 53.1 Å². The second kappa shape index (κ2) is 5.37. The average Bonchev–Trinajstić information content (AvgIpc) is 2.48. The van der Waals surface area contributed by atoms with Gasteiger partial charge in [-0.2, -0.15) is 0 Å². The summed E-state index contributed by atoms with van der Waals surface area (Å²) in [6, 6.07) is 12.1. The Hall–Kier alpha value is -2.29. The summed E-state index contributed by atoms with van der Waals surface area (Å²) in [5.74, 6) is 1.60. The predicted molar refractivity (Wildman–Crippen MR) is 80.6 cm³/mol. The van der Waals surface area contributed by atoms with Crippen molar-refractivity contribution in [3.8, 4) is 11.5 Å². The number of aliphatic imine (C=N–C) groups is 1. The SMILES string of the molecule is Cc1ccc(N=Cc2ccc3c(c2)OCCO3)cc1C. The molecule has 0 spiro atoms. The van der Waals surface area contributed by atoms with Crippen molar-refractivity contribution in [2.24, 2.45) is 4.99 Å². The summed E-state index contributed by atoms with van der Waals surface area (Å²) in [5.41, 5.74) is 4.50. The van der Waals surface area contributed by atoms with Crippen LogP contribution in [0.2, 0.25) is 0 Å². The number of rotatable bonds is 2. The Morgan fingerprint density at radius 1 is 0.900 bits per heavy atom. The minimum atomic E-state index is 0.602.